The standard InChI is InChI=1S/C16H16OS4/c1-17-16-9-8-15(21-16)14-7-6-13(20-14)12-5-4-11(19-12)3-2-10-18/h4-9,18H,2-3,10H2,1H3. The summed E-state index contributed by atoms with van der Waals surface area (Å²) >= 11 is 9.72. The summed E-state index contributed by atoms with van der Waals surface area (Å²) in [5.41, 5.74) is 0. The number of hydrogen-bond acceptors (Lipinski definition) is 5. The van der Waals surface area contributed by atoms with Crippen LogP contribution in [0.5, 0.6) is 5.06 Å². The van der Waals surface area contributed by atoms with Crippen LogP contribution in [0, 0.1) is 0 Å². The summed E-state index contributed by atoms with van der Waals surface area (Å²) in [6.45, 7) is 0. The molecule has 0 bridgehead atoms. The third kappa shape index (κ3) is 3.54. The zero-order valence-electron chi connectivity index (χ0n) is 11.7. The van der Waals surface area contributed by atoms with Crippen molar-refractivity contribution in [2.75, 3.05) is 12.9 Å². The predicted molar refractivity (Wildman–Crippen MR) is 99.7 cm³/mol. The van der Waals surface area contributed by atoms with Gasteiger partial charge in [0.05, 0.1) is 7.11 Å². The number of thiophene rings is 3. The highest BCUT2D eigenvalue weighted by Crippen LogP contribution is 2.41. The van der Waals surface area contributed by atoms with E-state index in [9.17, 15) is 0 Å². The number of thiol groups is 1. The maximum absolute atomic E-state index is 5.27. The maximum Gasteiger partial charge on any atom is 0.173 e. The van der Waals surface area contributed by atoms with E-state index in [2.05, 4.69) is 43.0 Å². The molecular formula is C16H16OS4. The van der Waals surface area contributed by atoms with Gasteiger partial charge in [0.1, 0.15) is 0 Å². The van der Waals surface area contributed by atoms with Crippen molar-refractivity contribution in [3.05, 3.63) is 41.3 Å². The first-order chi connectivity index (χ1) is 10.3. The Balaban J connectivity index is 1.79. The second-order valence-electron chi connectivity index (χ2n) is 4.58. The van der Waals surface area contributed by atoms with Crippen molar-refractivity contribution in [1.82, 2.24) is 0 Å². The highest BCUT2D eigenvalue weighted by molar-refractivity contribution is 7.80. The molecule has 1 nitrogen and oxygen atoms in total. The summed E-state index contributed by atoms with van der Waals surface area (Å²) in [6.07, 6.45) is 2.28. The van der Waals surface area contributed by atoms with E-state index in [1.807, 2.05) is 28.7 Å². The molecular weight excluding hydrogens is 336 g/mol. The van der Waals surface area contributed by atoms with Crippen LogP contribution in [0.2, 0.25) is 0 Å². The van der Waals surface area contributed by atoms with Crippen molar-refractivity contribution in [1.29, 1.82) is 0 Å². The van der Waals surface area contributed by atoms with E-state index >= 15 is 0 Å². The lowest BCUT2D eigenvalue weighted by Crippen LogP contribution is -1.79. The highest BCUT2D eigenvalue weighted by Gasteiger charge is 2.09. The van der Waals surface area contributed by atoms with Crippen molar-refractivity contribution in [2.45, 2.75) is 12.8 Å². The molecule has 0 aliphatic carbocycles. The largest absolute Gasteiger partial charge is 0.487 e. The van der Waals surface area contributed by atoms with E-state index in [0.29, 0.717) is 0 Å². The average Bonchev–Trinajstić information content (AvgIpc) is 3.22. The molecule has 3 rings (SSSR count). The Bertz CT molecular complexity index is 707. The average molecular weight is 353 g/mol. The number of methoxy groups -OCH3 is 1. The van der Waals surface area contributed by atoms with Crippen molar-refractivity contribution < 1.29 is 4.74 Å². The number of hydrogen-bond donors (Lipinski definition) is 1. The van der Waals surface area contributed by atoms with Crippen molar-refractivity contribution in [2.24, 2.45) is 0 Å². The van der Waals surface area contributed by atoms with Crippen molar-refractivity contribution in [3.8, 4) is 24.6 Å². The molecule has 0 saturated carbocycles. The fourth-order valence-electron chi connectivity index (χ4n) is 2.06. The minimum atomic E-state index is 0.955. The van der Waals surface area contributed by atoms with Gasteiger partial charge in [0.25, 0.3) is 0 Å². The summed E-state index contributed by atoms with van der Waals surface area (Å²) in [7, 11) is 1.72. The lowest BCUT2D eigenvalue weighted by molar-refractivity contribution is 0.427. The van der Waals surface area contributed by atoms with E-state index in [0.717, 1.165) is 23.7 Å². The van der Waals surface area contributed by atoms with Crippen molar-refractivity contribution >= 4 is 46.6 Å². The van der Waals surface area contributed by atoms with Gasteiger partial charge in [-0.15, -0.1) is 22.7 Å². The molecule has 0 unspecified atom stereocenters. The molecule has 0 radical (unpaired) electrons. The molecule has 0 aliphatic heterocycles. The van der Waals surface area contributed by atoms with Crippen LogP contribution in [0.15, 0.2) is 36.4 Å². The molecule has 0 amide bonds. The minimum absolute atomic E-state index is 0.955. The molecule has 0 saturated heterocycles. The third-order valence-electron chi connectivity index (χ3n) is 3.12. The number of rotatable bonds is 6. The number of ether oxygens (including phenoxy) is 1. The molecule has 21 heavy (non-hydrogen) atoms. The predicted octanol–water partition coefficient (Wildman–Crippen LogP) is 6.08. The van der Waals surface area contributed by atoms with Crippen LogP contribution in [0.4, 0.5) is 0 Å². The Labute approximate surface area is 142 Å². The molecule has 3 aromatic rings. The first kappa shape index (κ1) is 15.2. The molecule has 5 heteroatoms. The summed E-state index contributed by atoms with van der Waals surface area (Å²) in [5, 5.41) is 0.963. The SMILES string of the molecule is COc1ccc(-c2ccc(-c3ccc(CCCS)s3)s2)s1. The van der Waals surface area contributed by atoms with Gasteiger partial charge in [0.15, 0.2) is 5.06 Å². The van der Waals surface area contributed by atoms with Gasteiger partial charge < -0.3 is 4.74 Å². The monoisotopic (exact) mass is 352 g/mol. The zero-order chi connectivity index (χ0) is 14.7. The lowest BCUT2D eigenvalue weighted by atomic mass is 10.3. The van der Waals surface area contributed by atoms with Crippen LogP contribution in [-0.2, 0) is 6.42 Å². The summed E-state index contributed by atoms with van der Waals surface area (Å²) in [4.78, 5) is 6.74. The van der Waals surface area contributed by atoms with Gasteiger partial charge in [-0.1, -0.05) is 11.3 Å². The summed E-state index contributed by atoms with van der Waals surface area (Å²) in [6, 6.07) is 13.1. The van der Waals surface area contributed by atoms with Gasteiger partial charge in [-0.25, -0.2) is 0 Å². The number of aryl methyl sites for hydroxylation is 1. The van der Waals surface area contributed by atoms with Gasteiger partial charge in [-0.2, -0.15) is 12.6 Å². The third-order valence-corrected chi connectivity index (χ3v) is 7.10. The molecule has 0 aromatic carbocycles. The Hall–Kier alpha value is -0.750. The fourth-order valence-corrected chi connectivity index (χ4v) is 5.28. The molecule has 0 aliphatic rings. The van der Waals surface area contributed by atoms with E-state index < -0.39 is 0 Å². The van der Waals surface area contributed by atoms with Crippen LogP contribution < -0.4 is 4.74 Å². The van der Waals surface area contributed by atoms with Gasteiger partial charge in [-0.3, -0.25) is 0 Å². The second kappa shape index (κ2) is 7.01. The van der Waals surface area contributed by atoms with Gasteiger partial charge in [-0.05, 0) is 55.0 Å². The minimum Gasteiger partial charge on any atom is -0.487 e. The van der Waals surface area contributed by atoms with E-state index in [-0.39, 0.29) is 0 Å². The molecule has 3 heterocycles. The van der Waals surface area contributed by atoms with E-state index in [4.69, 9.17) is 4.74 Å². The normalized spacial score (nSPS) is 11.0. The summed E-state index contributed by atoms with van der Waals surface area (Å²) in [5.74, 6) is 0.955. The Morgan fingerprint density at radius 1 is 0.857 bits per heavy atom. The topological polar surface area (TPSA) is 9.23 Å². The maximum atomic E-state index is 5.27. The van der Waals surface area contributed by atoms with Gasteiger partial charge in [0.2, 0.25) is 0 Å². The van der Waals surface area contributed by atoms with E-state index in [1.165, 1.54) is 24.4 Å². The molecule has 3 aromatic heterocycles. The van der Waals surface area contributed by atoms with E-state index in [1.54, 1.807) is 18.4 Å². The highest BCUT2D eigenvalue weighted by atomic mass is 32.1. The van der Waals surface area contributed by atoms with Crippen LogP contribution in [-0.4, -0.2) is 12.9 Å². The summed E-state index contributed by atoms with van der Waals surface area (Å²) < 4.78 is 5.27. The Kier molecular flexibility index (Phi) is 5.06. The molecule has 0 atom stereocenters. The smallest absolute Gasteiger partial charge is 0.173 e. The molecule has 0 spiro atoms. The molecule has 0 fully saturated rings. The Morgan fingerprint density at radius 3 is 2.14 bits per heavy atom. The fraction of sp³-hybridized carbons (Fsp3) is 0.250. The first-order valence-corrected chi connectivity index (χ1v) is 9.82. The zero-order valence-corrected chi connectivity index (χ0v) is 15.0. The quantitative estimate of drug-likeness (QED) is 0.529. The van der Waals surface area contributed by atoms with Crippen molar-refractivity contribution in [3.63, 3.8) is 0 Å². The van der Waals surface area contributed by atoms with Crippen LogP contribution in [0.25, 0.3) is 19.5 Å². The lowest BCUT2D eigenvalue weighted by Gasteiger charge is -1.93. The van der Waals surface area contributed by atoms with Crippen LogP contribution in [0.3, 0.4) is 0 Å². The van der Waals surface area contributed by atoms with Gasteiger partial charge in [0, 0.05) is 24.4 Å². The first-order valence-electron chi connectivity index (χ1n) is 6.74. The van der Waals surface area contributed by atoms with Gasteiger partial charge >= 0.3 is 0 Å². The van der Waals surface area contributed by atoms with Crippen LogP contribution >= 0.6 is 46.6 Å². The second-order valence-corrected chi connectivity index (χ2v) is 8.33. The Morgan fingerprint density at radius 2 is 1.48 bits per heavy atom. The molecule has 110 valence electrons. The van der Waals surface area contributed by atoms with Crippen LogP contribution in [0.1, 0.15) is 11.3 Å². The molecule has 0 N–H and O–H groups in total.